The highest BCUT2D eigenvalue weighted by Crippen LogP contribution is 2.32. The van der Waals surface area contributed by atoms with Crippen LogP contribution in [0.5, 0.6) is 0 Å². The number of rotatable bonds is 7. The molecule has 1 atom stereocenters. The van der Waals surface area contributed by atoms with E-state index < -0.39 is 15.3 Å². The second-order valence-electron chi connectivity index (χ2n) is 6.67. The van der Waals surface area contributed by atoms with Gasteiger partial charge in [0, 0.05) is 19.3 Å². The first-order valence-corrected chi connectivity index (χ1v) is 11.9. The van der Waals surface area contributed by atoms with Crippen LogP contribution in [0.25, 0.3) is 0 Å². The van der Waals surface area contributed by atoms with Crippen LogP contribution in [0.4, 0.5) is 11.4 Å². The molecule has 1 N–H and O–H groups in total. The first-order valence-electron chi connectivity index (χ1n) is 9.61. The van der Waals surface area contributed by atoms with Crippen LogP contribution in [0.3, 0.4) is 0 Å². The van der Waals surface area contributed by atoms with Crippen molar-refractivity contribution in [2.45, 2.75) is 35.9 Å². The number of amides is 2. The highest BCUT2D eigenvalue weighted by molar-refractivity contribution is 8.00. The summed E-state index contributed by atoms with van der Waals surface area (Å²) in [4.78, 5) is 30.8. The maximum atomic E-state index is 13.0. The van der Waals surface area contributed by atoms with Gasteiger partial charge in [0.15, 0.2) is 0 Å². The number of carbonyl (C=O) groups excluding carboxylic acids is 2. The molecule has 3 rings (SSSR count). The molecule has 160 valence electrons. The summed E-state index contributed by atoms with van der Waals surface area (Å²) < 4.78 is 26.5. The zero-order chi connectivity index (χ0) is 21.9. The molecule has 2 aromatic rings. The topological polar surface area (TPSA) is 99.7 Å². The number of fused-ring (bicyclic) bond motifs is 1. The maximum Gasteiger partial charge on any atom is 0.244 e. The van der Waals surface area contributed by atoms with Gasteiger partial charge in [-0.3, -0.25) is 14.5 Å². The minimum atomic E-state index is -3.58. The van der Waals surface area contributed by atoms with Crippen LogP contribution >= 0.6 is 11.8 Å². The maximum absolute atomic E-state index is 13.0. The summed E-state index contributed by atoms with van der Waals surface area (Å²) in [7, 11) is -3.58. The summed E-state index contributed by atoms with van der Waals surface area (Å²) in [5, 5.41) is 2.78. The predicted molar refractivity (Wildman–Crippen MR) is 117 cm³/mol. The molecule has 0 saturated carbocycles. The van der Waals surface area contributed by atoms with Crippen molar-refractivity contribution in [2.24, 2.45) is 0 Å². The molecule has 1 aromatic heterocycles. The first-order chi connectivity index (χ1) is 14.3. The van der Waals surface area contributed by atoms with Crippen LogP contribution in [0.1, 0.15) is 20.8 Å². The zero-order valence-electron chi connectivity index (χ0n) is 17.0. The van der Waals surface area contributed by atoms with Gasteiger partial charge < -0.3 is 5.32 Å². The summed E-state index contributed by atoms with van der Waals surface area (Å²) in [5.74, 6) is -0.465. The quantitative estimate of drug-likeness (QED) is 0.654. The Hall–Kier alpha value is -2.43. The number of hydrogen-bond acceptors (Lipinski definition) is 6. The standard InChI is InChI=1S/C20H24N4O4S2/c1-4-23(5-2)30(27,28)15-10-11-19(21-12-15)29-14(3)20(26)24-13-18(25)22-16-8-6-7-9-17(16)24/h6-12,14H,4-5,13H2,1-3H3,(H,22,25)/t14-/m0/s1. The molecule has 1 aliphatic heterocycles. The number of anilines is 2. The van der Waals surface area contributed by atoms with Gasteiger partial charge in [-0.2, -0.15) is 4.31 Å². The van der Waals surface area contributed by atoms with E-state index >= 15 is 0 Å². The Morgan fingerprint density at radius 3 is 2.57 bits per heavy atom. The first kappa shape index (κ1) is 22.3. The van der Waals surface area contributed by atoms with E-state index in [1.165, 1.54) is 33.2 Å². The molecule has 2 heterocycles. The molecule has 0 bridgehead atoms. The minimum Gasteiger partial charge on any atom is -0.323 e. The van der Waals surface area contributed by atoms with Crippen molar-refractivity contribution in [3.05, 3.63) is 42.6 Å². The summed E-state index contributed by atoms with van der Waals surface area (Å²) in [6, 6.07) is 10.2. The van der Waals surface area contributed by atoms with Crippen molar-refractivity contribution in [3.63, 3.8) is 0 Å². The lowest BCUT2D eigenvalue weighted by Crippen LogP contribution is -2.45. The van der Waals surface area contributed by atoms with E-state index in [9.17, 15) is 18.0 Å². The fraction of sp³-hybridized carbons (Fsp3) is 0.350. The lowest BCUT2D eigenvalue weighted by Gasteiger charge is -2.30. The Labute approximate surface area is 180 Å². The summed E-state index contributed by atoms with van der Waals surface area (Å²) in [6.07, 6.45) is 1.32. The average Bonchev–Trinajstić information content (AvgIpc) is 2.73. The van der Waals surface area contributed by atoms with Gasteiger partial charge in [0.05, 0.1) is 21.7 Å². The number of aromatic nitrogens is 1. The van der Waals surface area contributed by atoms with E-state index in [1.807, 2.05) is 6.07 Å². The molecule has 2 amide bonds. The largest absolute Gasteiger partial charge is 0.323 e. The molecule has 1 aromatic carbocycles. The Balaban J connectivity index is 1.74. The zero-order valence-corrected chi connectivity index (χ0v) is 18.7. The normalized spacial score (nSPS) is 14.9. The third-order valence-electron chi connectivity index (χ3n) is 4.73. The molecule has 0 unspecified atom stereocenters. The summed E-state index contributed by atoms with van der Waals surface area (Å²) in [6.45, 7) is 6.02. The molecule has 0 saturated heterocycles. The number of hydrogen-bond donors (Lipinski definition) is 1. The summed E-state index contributed by atoms with van der Waals surface area (Å²) in [5.41, 5.74) is 1.26. The van der Waals surface area contributed by atoms with Crippen LogP contribution in [-0.4, -0.2) is 54.4 Å². The van der Waals surface area contributed by atoms with Gasteiger partial charge in [-0.15, -0.1) is 0 Å². The number of para-hydroxylation sites is 2. The van der Waals surface area contributed by atoms with Crippen LogP contribution < -0.4 is 10.2 Å². The van der Waals surface area contributed by atoms with Crippen molar-refractivity contribution in [2.75, 3.05) is 29.9 Å². The SMILES string of the molecule is CCN(CC)S(=O)(=O)c1ccc(S[C@@H](C)C(=O)N2CC(=O)Nc3ccccc32)nc1. The second kappa shape index (κ2) is 9.15. The fourth-order valence-electron chi connectivity index (χ4n) is 3.18. The third kappa shape index (κ3) is 4.50. The van der Waals surface area contributed by atoms with Crippen molar-refractivity contribution in [1.29, 1.82) is 0 Å². The molecule has 0 radical (unpaired) electrons. The van der Waals surface area contributed by atoms with Crippen molar-refractivity contribution in [1.82, 2.24) is 9.29 Å². The number of sulfonamides is 1. The minimum absolute atomic E-state index is 0.0464. The Morgan fingerprint density at radius 2 is 1.93 bits per heavy atom. The third-order valence-corrected chi connectivity index (χ3v) is 7.81. The van der Waals surface area contributed by atoms with Gasteiger partial charge in [0.2, 0.25) is 21.8 Å². The number of thioether (sulfide) groups is 1. The highest BCUT2D eigenvalue weighted by Gasteiger charge is 2.30. The molecule has 0 aliphatic carbocycles. The van der Waals surface area contributed by atoms with E-state index in [-0.39, 0.29) is 23.3 Å². The van der Waals surface area contributed by atoms with Crippen molar-refractivity contribution < 1.29 is 18.0 Å². The monoisotopic (exact) mass is 448 g/mol. The van der Waals surface area contributed by atoms with Crippen molar-refractivity contribution >= 4 is 45.0 Å². The number of nitrogens with zero attached hydrogens (tertiary/aromatic N) is 3. The Morgan fingerprint density at radius 1 is 1.23 bits per heavy atom. The van der Waals surface area contributed by atoms with E-state index in [0.29, 0.717) is 29.5 Å². The Kier molecular flexibility index (Phi) is 6.79. The van der Waals surface area contributed by atoms with Crippen LogP contribution in [-0.2, 0) is 19.6 Å². The number of nitrogens with one attached hydrogen (secondary N) is 1. The second-order valence-corrected chi connectivity index (χ2v) is 9.97. The molecule has 0 fully saturated rings. The highest BCUT2D eigenvalue weighted by atomic mass is 32.2. The predicted octanol–water partition coefficient (Wildman–Crippen LogP) is 2.58. The van der Waals surface area contributed by atoms with Crippen LogP contribution in [0.2, 0.25) is 0 Å². The number of pyridine rings is 1. The van der Waals surface area contributed by atoms with Crippen molar-refractivity contribution in [3.8, 4) is 0 Å². The van der Waals surface area contributed by atoms with Gasteiger partial charge in [-0.05, 0) is 31.2 Å². The molecule has 1 aliphatic rings. The van der Waals surface area contributed by atoms with Gasteiger partial charge in [-0.25, -0.2) is 13.4 Å². The summed E-state index contributed by atoms with van der Waals surface area (Å²) >= 11 is 1.22. The molecular weight excluding hydrogens is 424 g/mol. The molecular formula is C20H24N4O4S2. The number of carbonyl (C=O) groups is 2. The van der Waals surface area contributed by atoms with Gasteiger partial charge in [-0.1, -0.05) is 37.7 Å². The smallest absolute Gasteiger partial charge is 0.244 e. The molecule has 8 nitrogen and oxygen atoms in total. The molecule has 10 heteroatoms. The van der Waals surface area contributed by atoms with E-state index in [0.717, 1.165) is 0 Å². The number of benzene rings is 1. The van der Waals surface area contributed by atoms with E-state index in [4.69, 9.17) is 0 Å². The van der Waals surface area contributed by atoms with E-state index in [2.05, 4.69) is 10.3 Å². The average molecular weight is 449 g/mol. The fourth-order valence-corrected chi connectivity index (χ4v) is 5.44. The van der Waals surface area contributed by atoms with Gasteiger partial charge >= 0.3 is 0 Å². The Bertz CT molecular complexity index is 1040. The van der Waals surface area contributed by atoms with Crippen LogP contribution in [0.15, 0.2) is 52.5 Å². The lowest BCUT2D eigenvalue weighted by atomic mass is 10.2. The lowest BCUT2D eigenvalue weighted by molar-refractivity contribution is -0.121. The van der Waals surface area contributed by atoms with E-state index in [1.54, 1.807) is 45.0 Å². The molecule has 0 spiro atoms. The molecule has 30 heavy (non-hydrogen) atoms. The van der Waals surface area contributed by atoms with Crippen LogP contribution in [0, 0.1) is 0 Å². The van der Waals surface area contributed by atoms with Gasteiger partial charge in [0.25, 0.3) is 0 Å². The van der Waals surface area contributed by atoms with Gasteiger partial charge in [0.1, 0.15) is 11.4 Å².